The summed E-state index contributed by atoms with van der Waals surface area (Å²) in [7, 11) is 0. The lowest BCUT2D eigenvalue weighted by atomic mass is 10.0. The molecule has 2 aromatic carbocycles. The highest BCUT2D eigenvalue weighted by atomic mass is 16.5. The number of esters is 1. The molecule has 0 fully saturated rings. The molecule has 3 atom stereocenters. The standard InChI is InChI=1S/C26H30N2O5/c1-2-33-26(32)23(17-16-20-11-5-3-6-12-20)27-22-15-9-10-18-28(25(22)31,19-24(29)30)21-13-7-4-8-14-21/h3-8,10-14,18,22-23,27H,2,9,15-17,19H2,1H3/p+1. The Morgan fingerprint density at radius 1 is 1.12 bits per heavy atom. The second-order valence-corrected chi connectivity index (χ2v) is 8.10. The lowest BCUT2D eigenvalue weighted by molar-refractivity contribution is -0.147. The van der Waals surface area contributed by atoms with Crippen LogP contribution in [0.2, 0.25) is 0 Å². The minimum absolute atomic E-state index is 0.242. The molecule has 0 radical (unpaired) electrons. The van der Waals surface area contributed by atoms with Gasteiger partial charge in [0.25, 0.3) is 0 Å². The normalized spacial score (nSPS) is 21.2. The van der Waals surface area contributed by atoms with Gasteiger partial charge >= 0.3 is 17.8 Å². The average molecular weight is 452 g/mol. The van der Waals surface area contributed by atoms with E-state index in [1.807, 2.05) is 42.5 Å². The van der Waals surface area contributed by atoms with Crippen LogP contribution >= 0.6 is 0 Å². The van der Waals surface area contributed by atoms with Crippen LogP contribution in [0.15, 0.2) is 72.9 Å². The second-order valence-electron chi connectivity index (χ2n) is 8.10. The number of hydrogen-bond donors (Lipinski definition) is 2. The Hall–Kier alpha value is -3.29. The number of para-hydroxylation sites is 1. The molecule has 0 spiro atoms. The zero-order valence-electron chi connectivity index (χ0n) is 18.9. The Balaban J connectivity index is 1.87. The maximum Gasteiger partial charge on any atom is 0.360 e. The number of ether oxygens (including phenoxy) is 1. The van der Waals surface area contributed by atoms with Crippen molar-refractivity contribution in [2.45, 2.75) is 44.7 Å². The molecule has 0 bridgehead atoms. The van der Waals surface area contributed by atoms with E-state index in [4.69, 9.17) is 4.74 Å². The lowest BCUT2D eigenvalue weighted by Crippen LogP contribution is -2.61. The van der Waals surface area contributed by atoms with E-state index < -0.39 is 35.1 Å². The second kappa shape index (κ2) is 11.5. The Morgan fingerprint density at radius 2 is 1.79 bits per heavy atom. The zero-order valence-corrected chi connectivity index (χ0v) is 18.9. The first kappa shape index (κ1) is 24.4. The molecule has 7 heteroatoms. The van der Waals surface area contributed by atoms with Crippen molar-refractivity contribution in [1.29, 1.82) is 0 Å². The Labute approximate surface area is 194 Å². The topological polar surface area (TPSA) is 92.7 Å². The number of benzene rings is 2. The van der Waals surface area contributed by atoms with Crippen molar-refractivity contribution in [3.05, 3.63) is 78.5 Å². The fourth-order valence-electron chi connectivity index (χ4n) is 4.20. The minimum Gasteiger partial charge on any atom is -0.477 e. The van der Waals surface area contributed by atoms with Gasteiger partial charge in [-0.15, -0.1) is 0 Å². The molecule has 33 heavy (non-hydrogen) atoms. The third kappa shape index (κ3) is 6.15. The van der Waals surface area contributed by atoms with Gasteiger partial charge in [-0.2, -0.15) is 4.48 Å². The summed E-state index contributed by atoms with van der Waals surface area (Å²) >= 11 is 0. The van der Waals surface area contributed by atoms with Gasteiger partial charge in [-0.3, -0.25) is 10.1 Å². The first-order valence-corrected chi connectivity index (χ1v) is 11.3. The molecular formula is C26H31N2O5+. The molecule has 3 rings (SSSR count). The maximum absolute atomic E-state index is 13.8. The third-order valence-electron chi connectivity index (χ3n) is 5.81. The van der Waals surface area contributed by atoms with Gasteiger partial charge in [0, 0.05) is 12.1 Å². The number of aryl methyl sites for hydroxylation is 1. The molecule has 174 valence electrons. The van der Waals surface area contributed by atoms with Crippen molar-refractivity contribution < 1.29 is 24.2 Å². The summed E-state index contributed by atoms with van der Waals surface area (Å²) in [5, 5.41) is 12.9. The molecule has 2 aromatic rings. The van der Waals surface area contributed by atoms with Crippen LogP contribution in [-0.4, -0.2) is 48.2 Å². The summed E-state index contributed by atoms with van der Waals surface area (Å²) in [6.07, 6.45) is 5.66. The monoisotopic (exact) mass is 451 g/mol. The van der Waals surface area contributed by atoms with Gasteiger partial charge in [0.1, 0.15) is 24.0 Å². The number of allylic oxidation sites excluding steroid dienone is 1. The van der Waals surface area contributed by atoms with Crippen molar-refractivity contribution in [2.75, 3.05) is 13.2 Å². The van der Waals surface area contributed by atoms with E-state index in [1.54, 1.807) is 37.4 Å². The van der Waals surface area contributed by atoms with E-state index in [0.29, 0.717) is 31.4 Å². The molecule has 7 nitrogen and oxygen atoms in total. The van der Waals surface area contributed by atoms with Crippen LogP contribution < -0.4 is 9.80 Å². The average Bonchev–Trinajstić information content (AvgIpc) is 2.97. The predicted molar refractivity (Wildman–Crippen MR) is 126 cm³/mol. The van der Waals surface area contributed by atoms with E-state index in [1.165, 1.54) is 0 Å². The highest BCUT2D eigenvalue weighted by molar-refractivity contribution is 5.98. The van der Waals surface area contributed by atoms with Crippen LogP contribution in [0.5, 0.6) is 0 Å². The van der Waals surface area contributed by atoms with Crippen LogP contribution in [0.3, 0.4) is 0 Å². The van der Waals surface area contributed by atoms with Crippen LogP contribution in [0.25, 0.3) is 0 Å². The Kier molecular flexibility index (Phi) is 8.52. The van der Waals surface area contributed by atoms with Gasteiger partial charge in [-0.05, 0) is 44.2 Å². The summed E-state index contributed by atoms with van der Waals surface area (Å²) in [5.41, 5.74) is 1.66. The van der Waals surface area contributed by atoms with E-state index in [-0.39, 0.29) is 12.5 Å². The highest BCUT2D eigenvalue weighted by Gasteiger charge is 2.46. The largest absolute Gasteiger partial charge is 0.477 e. The Bertz CT molecular complexity index is 977. The van der Waals surface area contributed by atoms with Gasteiger partial charge in [-0.1, -0.05) is 48.5 Å². The number of aliphatic carboxylic acids is 1. The van der Waals surface area contributed by atoms with Crippen LogP contribution in [0, 0.1) is 0 Å². The number of carboxylic acid groups (broad SMARTS) is 1. The van der Waals surface area contributed by atoms with Crippen LogP contribution in [-0.2, 0) is 25.5 Å². The molecule has 3 unspecified atom stereocenters. The molecule has 1 amide bonds. The molecule has 0 saturated carbocycles. The number of rotatable bonds is 10. The summed E-state index contributed by atoms with van der Waals surface area (Å²) < 4.78 is 4.83. The maximum atomic E-state index is 13.8. The quantitative estimate of drug-likeness (QED) is 0.425. The van der Waals surface area contributed by atoms with E-state index in [0.717, 1.165) is 5.56 Å². The number of quaternary nitrogens is 1. The molecular weight excluding hydrogens is 420 g/mol. The predicted octanol–water partition coefficient (Wildman–Crippen LogP) is 3.44. The summed E-state index contributed by atoms with van der Waals surface area (Å²) in [5.74, 6) is -1.79. The number of carboxylic acids is 1. The SMILES string of the molecule is CCOC(=O)C(CCc1ccccc1)NC1CCC=C[N+](CC(=O)O)(c2ccccc2)C1=O. The van der Waals surface area contributed by atoms with Crippen molar-refractivity contribution in [1.82, 2.24) is 9.80 Å². The number of carbonyl (C=O) groups excluding carboxylic acids is 2. The van der Waals surface area contributed by atoms with Gasteiger partial charge in [0.05, 0.1) is 6.61 Å². The zero-order chi connectivity index (χ0) is 23.7. The summed E-state index contributed by atoms with van der Waals surface area (Å²) in [4.78, 5) is 38.4. The molecule has 1 aliphatic heterocycles. The van der Waals surface area contributed by atoms with Gasteiger partial charge in [-0.25, -0.2) is 9.59 Å². The molecule has 0 aliphatic carbocycles. The van der Waals surface area contributed by atoms with Gasteiger partial charge in [0.2, 0.25) is 0 Å². The molecule has 0 aromatic heterocycles. The van der Waals surface area contributed by atoms with Gasteiger partial charge < -0.3 is 9.84 Å². The molecule has 1 heterocycles. The fraction of sp³-hybridized carbons (Fsp3) is 0.346. The van der Waals surface area contributed by atoms with Crippen LogP contribution in [0.1, 0.15) is 31.7 Å². The molecule has 0 saturated heterocycles. The number of nitrogens with zero attached hydrogens (tertiary/aromatic N) is 1. The van der Waals surface area contributed by atoms with Gasteiger partial charge in [0.15, 0.2) is 6.54 Å². The number of carbonyl (C=O) groups is 3. The highest BCUT2D eigenvalue weighted by Crippen LogP contribution is 2.29. The summed E-state index contributed by atoms with van der Waals surface area (Å²) in [6.45, 7) is 1.58. The van der Waals surface area contributed by atoms with Crippen molar-refractivity contribution >= 4 is 23.5 Å². The molecule has 2 N–H and O–H groups in total. The van der Waals surface area contributed by atoms with Crippen molar-refractivity contribution in [3.8, 4) is 0 Å². The summed E-state index contributed by atoms with van der Waals surface area (Å²) in [6, 6.07) is 17.3. The smallest absolute Gasteiger partial charge is 0.360 e. The third-order valence-corrected chi connectivity index (χ3v) is 5.81. The fourth-order valence-corrected chi connectivity index (χ4v) is 4.20. The minimum atomic E-state index is -1.08. The Morgan fingerprint density at radius 3 is 2.42 bits per heavy atom. The van der Waals surface area contributed by atoms with Crippen molar-refractivity contribution in [2.24, 2.45) is 0 Å². The first-order chi connectivity index (χ1) is 16.0. The van der Waals surface area contributed by atoms with E-state index >= 15 is 0 Å². The van der Waals surface area contributed by atoms with Crippen LogP contribution in [0.4, 0.5) is 5.69 Å². The molecule has 1 aliphatic rings. The lowest BCUT2D eigenvalue weighted by Gasteiger charge is -2.33. The number of hydrogen-bond acceptors (Lipinski definition) is 5. The first-order valence-electron chi connectivity index (χ1n) is 11.3. The van der Waals surface area contributed by atoms with E-state index in [9.17, 15) is 19.5 Å². The van der Waals surface area contributed by atoms with Crippen molar-refractivity contribution in [3.63, 3.8) is 0 Å². The number of nitrogens with one attached hydrogen (secondary N) is 1. The van der Waals surface area contributed by atoms with E-state index in [2.05, 4.69) is 5.32 Å². The number of amides is 1.